The number of para-hydroxylation sites is 1. The Kier molecular flexibility index (Phi) is 10.2. The highest BCUT2D eigenvalue weighted by Crippen LogP contribution is 2.46. The highest BCUT2D eigenvalue weighted by molar-refractivity contribution is 7.99. The third kappa shape index (κ3) is 6.81. The molecule has 0 spiro atoms. The predicted molar refractivity (Wildman–Crippen MR) is 173 cm³/mol. The Morgan fingerprint density at radius 3 is 2.51 bits per heavy atom. The standard InChI is InChI=1S/C30H31Cl2N5O3S/c1-6-25(38)35-20-10-8-9-17(3)29(20)37-24-14-19-18(16-34-24)13-21(36-30(19)33-11-12-41-7-2)26-27(31)22(39-4)15-23(40-5)28(26)32/h6,8-10,13-16H,1,7,11-12H2,2-5H3,(H,33,36)(H,34,37)(H,35,38). The summed E-state index contributed by atoms with van der Waals surface area (Å²) in [7, 11) is 3.07. The predicted octanol–water partition coefficient (Wildman–Crippen LogP) is 7.96. The maximum Gasteiger partial charge on any atom is 0.247 e. The molecule has 41 heavy (non-hydrogen) atoms. The number of anilines is 4. The molecule has 1 amide bonds. The number of hydrogen-bond donors (Lipinski definition) is 3. The van der Waals surface area contributed by atoms with E-state index in [1.165, 1.54) is 20.3 Å². The van der Waals surface area contributed by atoms with Crippen molar-refractivity contribution in [1.29, 1.82) is 0 Å². The van der Waals surface area contributed by atoms with Gasteiger partial charge in [0.1, 0.15) is 23.1 Å². The topological polar surface area (TPSA) is 97.4 Å². The average Bonchev–Trinajstić information content (AvgIpc) is 2.97. The number of rotatable bonds is 12. The number of aryl methyl sites for hydroxylation is 1. The molecule has 3 N–H and O–H groups in total. The van der Waals surface area contributed by atoms with Crippen molar-refractivity contribution < 1.29 is 14.3 Å². The summed E-state index contributed by atoms with van der Waals surface area (Å²) >= 11 is 15.3. The molecule has 0 aliphatic rings. The monoisotopic (exact) mass is 611 g/mol. The quantitative estimate of drug-likeness (QED) is 0.110. The van der Waals surface area contributed by atoms with Crippen molar-refractivity contribution in [3.05, 3.63) is 70.9 Å². The van der Waals surface area contributed by atoms with E-state index in [9.17, 15) is 4.79 Å². The van der Waals surface area contributed by atoms with E-state index in [0.717, 1.165) is 33.5 Å². The highest BCUT2D eigenvalue weighted by Gasteiger charge is 2.21. The molecule has 4 aromatic rings. The molecule has 214 valence electrons. The molecule has 0 saturated carbocycles. The van der Waals surface area contributed by atoms with Crippen molar-refractivity contribution in [2.24, 2.45) is 0 Å². The molecule has 4 rings (SSSR count). The summed E-state index contributed by atoms with van der Waals surface area (Å²) in [5.41, 5.74) is 3.34. The van der Waals surface area contributed by atoms with Crippen LogP contribution in [-0.2, 0) is 4.79 Å². The second-order valence-corrected chi connectivity index (χ2v) is 11.0. The fourth-order valence-corrected chi connectivity index (χ4v) is 5.45. The van der Waals surface area contributed by atoms with Crippen LogP contribution in [0.1, 0.15) is 12.5 Å². The number of halogens is 2. The minimum absolute atomic E-state index is 0.301. The van der Waals surface area contributed by atoms with Gasteiger partial charge in [0.2, 0.25) is 5.91 Å². The van der Waals surface area contributed by atoms with Crippen molar-refractivity contribution in [3.8, 4) is 22.8 Å². The number of pyridine rings is 2. The summed E-state index contributed by atoms with van der Waals surface area (Å²) in [5, 5.41) is 12.0. The summed E-state index contributed by atoms with van der Waals surface area (Å²) in [6.45, 7) is 8.32. The molecule has 2 heterocycles. The van der Waals surface area contributed by atoms with Crippen molar-refractivity contribution in [2.75, 3.05) is 48.2 Å². The summed E-state index contributed by atoms with van der Waals surface area (Å²) < 4.78 is 10.9. The van der Waals surface area contributed by atoms with Crippen molar-refractivity contribution in [1.82, 2.24) is 9.97 Å². The number of carbonyl (C=O) groups excluding carboxylic acids is 1. The summed E-state index contributed by atoms with van der Waals surface area (Å²) in [5.74, 6) is 3.71. The summed E-state index contributed by atoms with van der Waals surface area (Å²) in [4.78, 5) is 21.6. The Morgan fingerprint density at radius 1 is 1.12 bits per heavy atom. The largest absolute Gasteiger partial charge is 0.495 e. The lowest BCUT2D eigenvalue weighted by atomic mass is 10.1. The van der Waals surface area contributed by atoms with Gasteiger partial charge in [0.25, 0.3) is 0 Å². The third-order valence-corrected chi connectivity index (χ3v) is 7.91. The van der Waals surface area contributed by atoms with Crippen LogP contribution in [0.4, 0.5) is 23.0 Å². The van der Waals surface area contributed by atoms with E-state index in [1.54, 1.807) is 12.3 Å². The minimum Gasteiger partial charge on any atom is -0.495 e. The van der Waals surface area contributed by atoms with E-state index < -0.39 is 0 Å². The van der Waals surface area contributed by atoms with Crippen LogP contribution < -0.4 is 25.4 Å². The Bertz CT molecular complexity index is 1570. The number of methoxy groups -OCH3 is 2. The second-order valence-electron chi connectivity index (χ2n) is 8.87. The van der Waals surface area contributed by atoms with Gasteiger partial charge < -0.3 is 25.4 Å². The van der Waals surface area contributed by atoms with E-state index in [2.05, 4.69) is 34.4 Å². The van der Waals surface area contributed by atoms with E-state index in [-0.39, 0.29) is 5.91 Å². The van der Waals surface area contributed by atoms with Gasteiger partial charge in [-0.2, -0.15) is 11.8 Å². The van der Waals surface area contributed by atoms with Gasteiger partial charge >= 0.3 is 0 Å². The molecule has 0 radical (unpaired) electrons. The van der Waals surface area contributed by atoms with E-state index >= 15 is 0 Å². The first-order valence-corrected chi connectivity index (χ1v) is 14.7. The molecular formula is C30H31Cl2N5O3S. The van der Waals surface area contributed by atoms with Crippen LogP contribution in [0, 0.1) is 6.92 Å². The molecule has 2 aromatic carbocycles. The van der Waals surface area contributed by atoms with Gasteiger partial charge in [0.05, 0.1) is 41.3 Å². The molecule has 2 aromatic heterocycles. The molecule has 0 aliphatic heterocycles. The van der Waals surface area contributed by atoms with Crippen LogP contribution in [0.2, 0.25) is 10.0 Å². The molecule has 8 nitrogen and oxygen atoms in total. The molecular weight excluding hydrogens is 581 g/mol. The van der Waals surface area contributed by atoms with Gasteiger partial charge in [-0.1, -0.05) is 48.8 Å². The average molecular weight is 613 g/mol. The molecule has 0 unspecified atom stereocenters. The lowest BCUT2D eigenvalue weighted by Gasteiger charge is -2.18. The van der Waals surface area contributed by atoms with Crippen molar-refractivity contribution >= 4 is 74.7 Å². The molecule has 0 aliphatic carbocycles. The summed E-state index contributed by atoms with van der Waals surface area (Å²) in [6.07, 6.45) is 2.99. The fourth-order valence-electron chi connectivity index (χ4n) is 4.22. The number of nitrogens with zero attached hydrogens (tertiary/aromatic N) is 2. The van der Waals surface area contributed by atoms with Crippen molar-refractivity contribution in [3.63, 3.8) is 0 Å². The van der Waals surface area contributed by atoms with Crippen LogP contribution >= 0.6 is 35.0 Å². The number of carbonyl (C=O) groups is 1. The van der Waals surface area contributed by atoms with Gasteiger partial charge in [0.15, 0.2) is 0 Å². The zero-order valence-corrected chi connectivity index (χ0v) is 25.6. The normalized spacial score (nSPS) is 10.8. The number of benzene rings is 2. The first-order chi connectivity index (χ1) is 19.8. The summed E-state index contributed by atoms with van der Waals surface area (Å²) in [6, 6.07) is 11.1. The molecule has 0 saturated heterocycles. The van der Waals surface area contributed by atoms with Gasteiger partial charge in [-0.15, -0.1) is 0 Å². The van der Waals surface area contributed by atoms with E-state index in [4.69, 9.17) is 37.7 Å². The minimum atomic E-state index is -0.301. The molecule has 0 bridgehead atoms. The zero-order valence-electron chi connectivity index (χ0n) is 23.2. The smallest absolute Gasteiger partial charge is 0.247 e. The first kappa shape index (κ1) is 30.3. The second kappa shape index (κ2) is 13.8. The maximum atomic E-state index is 12.0. The van der Waals surface area contributed by atoms with Gasteiger partial charge in [0, 0.05) is 40.9 Å². The Balaban J connectivity index is 1.83. The highest BCUT2D eigenvalue weighted by atomic mass is 35.5. The number of fused-ring (bicyclic) bond motifs is 1. The van der Waals surface area contributed by atoms with Crippen molar-refractivity contribution in [2.45, 2.75) is 13.8 Å². The van der Waals surface area contributed by atoms with Gasteiger partial charge in [-0.3, -0.25) is 4.79 Å². The van der Waals surface area contributed by atoms with Gasteiger partial charge in [-0.05, 0) is 42.5 Å². The molecule has 0 atom stereocenters. The lowest BCUT2D eigenvalue weighted by molar-refractivity contribution is -0.111. The number of nitrogens with one attached hydrogen (secondary N) is 3. The van der Waals surface area contributed by atoms with Crippen LogP contribution in [0.25, 0.3) is 22.0 Å². The SMILES string of the molecule is C=CC(=O)Nc1cccc(C)c1Nc1cc2c(NCCSCC)nc(-c3c(Cl)c(OC)cc(OC)c3Cl)cc2cn1. The number of amides is 1. The van der Waals surface area contributed by atoms with Crippen LogP contribution in [0.15, 0.2) is 55.3 Å². The van der Waals surface area contributed by atoms with Crippen LogP contribution in [-0.4, -0.2) is 48.1 Å². The number of thioether (sulfide) groups is 1. The molecule has 11 heteroatoms. The van der Waals surface area contributed by atoms with Crippen LogP contribution in [0.3, 0.4) is 0 Å². The Morgan fingerprint density at radius 2 is 1.85 bits per heavy atom. The van der Waals surface area contributed by atoms with E-state index in [0.29, 0.717) is 56.7 Å². The number of ether oxygens (including phenoxy) is 2. The fraction of sp³-hybridized carbons (Fsp3) is 0.233. The van der Waals surface area contributed by atoms with Crippen LogP contribution in [0.5, 0.6) is 11.5 Å². The maximum absolute atomic E-state index is 12.0. The van der Waals surface area contributed by atoms with E-state index in [1.807, 2.05) is 49.0 Å². The third-order valence-electron chi connectivity index (χ3n) is 6.26. The Hall–Kier alpha value is -3.66. The number of aromatic nitrogens is 2. The Labute approximate surface area is 253 Å². The number of hydrogen-bond acceptors (Lipinski definition) is 8. The first-order valence-electron chi connectivity index (χ1n) is 12.8. The van der Waals surface area contributed by atoms with Gasteiger partial charge in [-0.25, -0.2) is 9.97 Å². The molecule has 0 fully saturated rings. The zero-order chi connectivity index (χ0) is 29.5. The lowest BCUT2D eigenvalue weighted by Crippen LogP contribution is -2.10.